The third kappa shape index (κ3) is 2.67. The van der Waals surface area contributed by atoms with Crippen molar-refractivity contribution >= 4 is 16.9 Å². The van der Waals surface area contributed by atoms with Crippen LogP contribution in [0.4, 0.5) is 0 Å². The van der Waals surface area contributed by atoms with E-state index in [9.17, 15) is 4.79 Å². The van der Waals surface area contributed by atoms with E-state index in [0.717, 1.165) is 16.6 Å². The van der Waals surface area contributed by atoms with Crippen LogP contribution in [0.2, 0.25) is 0 Å². The van der Waals surface area contributed by atoms with Crippen molar-refractivity contribution in [2.75, 3.05) is 6.61 Å². The number of nitrogens with zero attached hydrogens (tertiary/aromatic N) is 4. The first-order chi connectivity index (χ1) is 12.3. The molecule has 0 bridgehead atoms. The van der Waals surface area contributed by atoms with Crippen LogP contribution >= 0.6 is 0 Å². The van der Waals surface area contributed by atoms with Gasteiger partial charge in [-0.15, -0.1) is 5.10 Å². The van der Waals surface area contributed by atoms with Gasteiger partial charge < -0.3 is 4.74 Å². The molecule has 0 N–H and O–H groups in total. The second-order valence-electron chi connectivity index (χ2n) is 5.50. The molecule has 0 saturated carbocycles. The molecule has 124 valence electrons. The SMILES string of the molecule is CCOC(=O)c1cc2ccccc2n1-c1cn(-c2ccccc2)nn1. The lowest BCUT2D eigenvalue weighted by Gasteiger charge is -2.06. The molecule has 0 saturated heterocycles. The smallest absolute Gasteiger partial charge is 0.355 e. The minimum absolute atomic E-state index is 0.317. The molecule has 0 aliphatic heterocycles. The zero-order chi connectivity index (χ0) is 17.2. The molecule has 2 aromatic heterocycles. The van der Waals surface area contributed by atoms with Crippen LogP contribution < -0.4 is 0 Å². The Hall–Kier alpha value is -3.41. The van der Waals surface area contributed by atoms with Crippen molar-refractivity contribution in [3.05, 3.63) is 72.6 Å². The van der Waals surface area contributed by atoms with Gasteiger partial charge in [-0.2, -0.15) is 0 Å². The minimum atomic E-state index is -0.382. The highest BCUT2D eigenvalue weighted by Crippen LogP contribution is 2.24. The van der Waals surface area contributed by atoms with E-state index in [1.165, 1.54) is 0 Å². The number of rotatable bonds is 4. The van der Waals surface area contributed by atoms with Gasteiger partial charge in [0.1, 0.15) is 5.69 Å². The predicted octanol–water partition coefficient (Wildman–Crippen LogP) is 3.39. The molecular weight excluding hydrogens is 316 g/mol. The van der Waals surface area contributed by atoms with Gasteiger partial charge in [-0.05, 0) is 31.2 Å². The number of carbonyl (C=O) groups is 1. The maximum Gasteiger partial charge on any atom is 0.355 e. The van der Waals surface area contributed by atoms with Crippen LogP contribution in [0.1, 0.15) is 17.4 Å². The summed E-state index contributed by atoms with van der Waals surface area (Å²) in [6.07, 6.45) is 1.80. The lowest BCUT2D eigenvalue weighted by Crippen LogP contribution is -2.11. The normalized spacial score (nSPS) is 10.9. The first-order valence-corrected chi connectivity index (χ1v) is 8.03. The fraction of sp³-hybridized carbons (Fsp3) is 0.105. The van der Waals surface area contributed by atoms with E-state index in [-0.39, 0.29) is 5.97 Å². The molecule has 0 radical (unpaired) electrons. The summed E-state index contributed by atoms with van der Waals surface area (Å²) in [7, 11) is 0. The molecule has 0 spiro atoms. The van der Waals surface area contributed by atoms with Crippen LogP contribution in [0.25, 0.3) is 22.4 Å². The molecule has 25 heavy (non-hydrogen) atoms. The van der Waals surface area contributed by atoms with E-state index in [1.807, 2.05) is 60.7 Å². The molecule has 0 amide bonds. The zero-order valence-corrected chi connectivity index (χ0v) is 13.7. The fourth-order valence-electron chi connectivity index (χ4n) is 2.82. The zero-order valence-electron chi connectivity index (χ0n) is 13.7. The standard InChI is InChI=1S/C19H16N4O2/c1-2-25-19(24)17-12-14-8-6-7-11-16(14)23(17)18-13-22(21-20-18)15-9-4-3-5-10-15/h3-13H,2H2,1H3. The second kappa shape index (κ2) is 6.24. The van der Waals surface area contributed by atoms with Gasteiger partial charge in [-0.25, -0.2) is 9.48 Å². The van der Waals surface area contributed by atoms with Gasteiger partial charge >= 0.3 is 5.97 Å². The monoisotopic (exact) mass is 332 g/mol. The first kappa shape index (κ1) is 15.1. The number of benzene rings is 2. The van der Waals surface area contributed by atoms with E-state index in [0.29, 0.717) is 18.1 Å². The van der Waals surface area contributed by atoms with Crippen LogP contribution in [-0.4, -0.2) is 32.1 Å². The van der Waals surface area contributed by atoms with Gasteiger partial charge in [0, 0.05) is 5.39 Å². The number of aromatic nitrogens is 4. The summed E-state index contributed by atoms with van der Waals surface area (Å²) in [5.74, 6) is 0.182. The molecular formula is C19H16N4O2. The molecule has 4 aromatic rings. The summed E-state index contributed by atoms with van der Waals surface area (Å²) < 4.78 is 8.65. The number of para-hydroxylation sites is 2. The second-order valence-corrected chi connectivity index (χ2v) is 5.50. The molecule has 2 heterocycles. The Morgan fingerprint density at radius 2 is 1.84 bits per heavy atom. The lowest BCUT2D eigenvalue weighted by molar-refractivity contribution is 0.0517. The molecule has 4 rings (SSSR count). The van der Waals surface area contributed by atoms with E-state index in [4.69, 9.17) is 4.74 Å². The number of hydrogen-bond acceptors (Lipinski definition) is 4. The highest BCUT2D eigenvalue weighted by molar-refractivity contribution is 5.96. The maximum atomic E-state index is 12.4. The molecule has 2 aromatic carbocycles. The Bertz CT molecular complexity index is 1030. The van der Waals surface area contributed by atoms with Crippen molar-refractivity contribution in [2.45, 2.75) is 6.92 Å². The Kier molecular flexibility index (Phi) is 3.78. The summed E-state index contributed by atoms with van der Waals surface area (Å²) in [4.78, 5) is 12.4. The molecule has 0 unspecified atom stereocenters. The number of esters is 1. The first-order valence-electron chi connectivity index (χ1n) is 8.03. The largest absolute Gasteiger partial charge is 0.461 e. The average molecular weight is 332 g/mol. The van der Waals surface area contributed by atoms with Gasteiger partial charge in [0.05, 0.1) is 24.0 Å². The van der Waals surface area contributed by atoms with Crippen LogP contribution in [0.3, 0.4) is 0 Å². The summed E-state index contributed by atoms with van der Waals surface area (Å²) in [5.41, 5.74) is 2.21. The topological polar surface area (TPSA) is 61.9 Å². The third-order valence-electron chi connectivity index (χ3n) is 3.93. The lowest BCUT2D eigenvalue weighted by atomic mass is 10.2. The number of ether oxygens (including phenoxy) is 1. The summed E-state index contributed by atoms with van der Waals surface area (Å²) in [6.45, 7) is 2.10. The van der Waals surface area contributed by atoms with Crippen molar-refractivity contribution < 1.29 is 9.53 Å². The Morgan fingerprint density at radius 1 is 1.08 bits per heavy atom. The molecule has 0 fully saturated rings. The van der Waals surface area contributed by atoms with E-state index in [1.54, 1.807) is 22.4 Å². The number of fused-ring (bicyclic) bond motifs is 1. The number of carbonyl (C=O) groups excluding carboxylic acids is 1. The highest BCUT2D eigenvalue weighted by atomic mass is 16.5. The van der Waals surface area contributed by atoms with Gasteiger partial charge in [0.15, 0.2) is 5.82 Å². The fourth-order valence-corrected chi connectivity index (χ4v) is 2.82. The molecule has 0 aliphatic rings. The van der Waals surface area contributed by atoms with Crippen LogP contribution in [-0.2, 0) is 4.74 Å². The Labute approximate surface area is 144 Å². The van der Waals surface area contributed by atoms with Gasteiger partial charge in [-0.1, -0.05) is 41.6 Å². The molecule has 0 atom stereocenters. The molecule has 0 aliphatic carbocycles. The van der Waals surface area contributed by atoms with Gasteiger partial charge in [0.2, 0.25) is 0 Å². The van der Waals surface area contributed by atoms with E-state index < -0.39 is 0 Å². The van der Waals surface area contributed by atoms with Crippen molar-refractivity contribution in [2.24, 2.45) is 0 Å². The Balaban J connectivity index is 1.87. The van der Waals surface area contributed by atoms with E-state index in [2.05, 4.69) is 10.3 Å². The van der Waals surface area contributed by atoms with Crippen LogP contribution in [0.5, 0.6) is 0 Å². The minimum Gasteiger partial charge on any atom is -0.461 e. The number of hydrogen-bond donors (Lipinski definition) is 0. The summed E-state index contributed by atoms with van der Waals surface area (Å²) >= 11 is 0. The predicted molar refractivity (Wildman–Crippen MR) is 94.1 cm³/mol. The quantitative estimate of drug-likeness (QED) is 0.538. The van der Waals surface area contributed by atoms with Crippen LogP contribution in [0.15, 0.2) is 66.9 Å². The third-order valence-corrected chi connectivity index (χ3v) is 3.93. The van der Waals surface area contributed by atoms with Gasteiger partial charge in [-0.3, -0.25) is 4.57 Å². The summed E-state index contributed by atoms with van der Waals surface area (Å²) in [5, 5.41) is 9.39. The molecule has 6 nitrogen and oxygen atoms in total. The van der Waals surface area contributed by atoms with Crippen molar-refractivity contribution in [1.29, 1.82) is 0 Å². The maximum absolute atomic E-state index is 12.4. The summed E-state index contributed by atoms with van der Waals surface area (Å²) in [6, 6.07) is 19.3. The Morgan fingerprint density at radius 3 is 2.64 bits per heavy atom. The highest BCUT2D eigenvalue weighted by Gasteiger charge is 2.19. The molecule has 6 heteroatoms. The average Bonchev–Trinajstić information content (AvgIpc) is 3.27. The van der Waals surface area contributed by atoms with Gasteiger partial charge in [0.25, 0.3) is 0 Å². The van der Waals surface area contributed by atoms with E-state index >= 15 is 0 Å². The van der Waals surface area contributed by atoms with Crippen molar-refractivity contribution in [1.82, 2.24) is 19.6 Å². The van der Waals surface area contributed by atoms with Crippen molar-refractivity contribution in [3.8, 4) is 11.5 Å². The van der Waals surface area contributed by atoms with Crippen LogP contribution in [0, 0.1) is 0 Å². The van der Waals surface area contributed by atoms with Crippen molar-refractivity contribution in [3.63, 3.8) is 0 Å².